The van der Waals surface area contributed by atoms with E-state index in [1.165, 1.54) is 5.01 Å². The van der Waals surface area contributed by atoms with Gasteiger partial charge in [-0.1, -0.05) is 6.58 Å². The van der Waals surface area contributed by atoms with Gasteiger partial charge < -0.3 is 5.73 Å². The Labute approximate surface area is 81.4 Å². The fourth-order valence-electron chi connectivity index (χ4n) is 0.421. The molecular formula is C5H8Br2FN3. The summed E-state index contributed by atoms with van der Waals surface area (Å²) in [4.78, 5) is 0. The minimum atomic E-state index is -0.506. The topological polar surface area (TPSA) is 41.6 Å². The molecular weight excluding hydrogens is 281 g/mol. The lowest BCUT2D eigenvalue weighted by atomic mass is 10.7. The van der Waals surface area contributed by atoms with E-state index < -0.39 is 6.67 Å². The maximum absolute atomic E-state index is 11.8. The molecule has 64 valence electrons. The molecule has 0 heterocycles. The minimum Gasteiger partial charge on any atom is -0.376 e. The van der Waals surface area contributed by atoms with Crippen LogP contribution in [0, 0.1) is 0 Å². The number of amidine groups is 1. The maximum atomic E-state index is 11.8. The van der Waals surface area contributed by atoms with E-state index in [-0.39, 0.29) is 11.3 Å². The first-order valence-electron chi connectivity index (χ1n) is 2.75. The number of halogens is 3. The second kappa shape index (κ2) is 5.54. The van der Waals surface area contributed by atoms with Gasteiger partial charge in [-0.2, -0.15) is 0 Å². The van der Waals surface area contributed by atoms with Crippen LogP contribution >= 0.6 is 31.9 Å². The molecule has 3 nitrogen and oxygen atoms in total. The van der Waals surface area contributed by atoms with Gasteiger partial charge in [-0.15, -0.1) is 5.10 Å². The predicted octanol–water partition coefficient (Wildman–Crippen LogP) is 1.75. The highest BCUT2D eigenvalue weighted by atomic mass is 79.9. The number of hydrogen-bond donors (Lipinski definition) is 1. The zero-order chi connectivity index (χ0) is 8.85. The Kier molecular flexibility index (Phi) is 5.49. The van der Waals surface area contributed by atoms with Gasteiger partial charge in [-0.05, 0) is 31.9 Å². The normalized spacial score (nSPS) is 11.4. The summed E-state index contributed by atoms with van der Waals surface area (Å²) >= 11 is 5.97. The highest BCUT2D eigenvalue weighted by molar-refractivity contribution is 9.18. The maximum Gasteiger partial charge on any atom is 0.187 e. The number of nitrogens with zero attached hydrogens (tertiary/aromatic N) is 2. The first-order valence-corrected chi connectivity index (χ1v) is 4.34. The lowest BCUT2D eigenvalue weighted by Gasteiger charge is -2.14. The molecule has 6 heteroatoms. The van der Waals surface area contributed by atoms with E-state index in [0.717, 1.165) is 0 Å². The molecule has 0 amide bonds. The molecule has 2 N–H and O–H groups in total. The van der Waals surface area contributed by atoms with Gasteiger partial charge in [0.25, 0.3) is 0 Å². The zero-order valence-corrected chi connectivity index (χ0v) is 8.90. The molecule has 0 aromatic carbocycles. The smallest absolute Gasteiger partial charge is 0.187 e. The average Bonchev–Trinajstić information content (AvgIpc) is 1.86. The summed E-state index contributed by atoms with van der Waals surface area (Å²) in [5, 5.41) is 5.03. The van der Waals surface area contributed by atoms with Crippen molar-refractivity contribution in [3.8, 4) is 0 Å². The molecule has 0 aliphatic rings. The number of nitrogens with two attached hydrogens (primary N) is 1. The molecule has 0 spiro atoms. The molecule has 0 aliphatic carbocycles. The molecule has 0 radical (unpaired) electrons. The van der Waals surface area contributed by atoms with Crippen LogP contribution < -0.4 is 5.73 Å². The summed E-state index contributed by atoms with van der Waals surface area (Å²) in [6, 6.07) is 0. The van der Waals surface area contributed by atoms with Crippen molar-refractivity contribution in [3.05, 3.63) is 11.2 Å². The Morgan fingerprint density at radius 2 is 2.18 bits per heavy atom. The van der Waals surface area contributed by atoms with Gasteiger partial charge in [-0.25, -0.2) is 4.39 Å². The van der Waals surface area contributed by atoms with Crippen LogP contribution in [0.15, 0.2) is 16.3 Å². The summed E-state index contributed by atoms with van der Waals surface area (Å²) in [5.41, 5.74) is 5.20. The molecule has 0 bridgehead atoms. The first-order chi connectivity index (χ1) is 5.07. The van der Waals surface area contributed by atoms with Crippen molar-refractivity contribution in [1.29, 1.82) is 0 Å². The van der Waals surface area contributed by atoms with Crippen LogP contribution in [0.25, 0.3) is 0 Å². The van der Waals surface area contributed by atoms with Crippen molar-refractivity contribution in [1.82, 2.24) is 5.01 Å². The first kappa shape index (κ1) is 10.9. The van der Waals surface area contributed by atoms with Crippen molar-refractivity contribution in [3.63, 3.8) is 0 Å². The molecule has 0 saturated carbocycles. The van der Waals surface area contributed by atoms with Gasteiger partial charge in [0, 0.05) is 0 Å². The highest BCUT2D eigenvalue weighted by Gasteiger charge is 2.02. The van der Waals surface area contributed by atoms with Crippen LogP contribution in [0.3, 0.4) is 0 Å². The van der Waals surface area contributed by atoms with Crippen molar-refractivity contribution < 1.29 is 4.39 Å². The quantitative estimate of drug-likeness (QED) is 0.371. The fraction of sp³-hybridized carbons (Fsp3) is 0.400. The third-order valence-electron chi connectivity index (χ3n) is 0.793. The summed E-state index contributed by atoms with van der Waals surface area (Å²) < 4.78 is 12.5. The molecule has 0 aromatic rings. The monoisotopic (exact) mass is 287 g/mol. The third-order valence-corrected chi connectivity index (χ3v) is 1.36. The van der Waals surface area contributed by atoms with Gasteiger partial charge in [-0.3, -0.25) is 5.01 Å². The van der Waals surface area contributed by atoms with E-state index in [1.54, 1.807) is 0 Å². The van der Waals surface area contributed by atoms with Crippen LogP contribution in [0.5, 0.6) is 0 Å². The third kappa shape index (κ3) is 5.20. The SMILES string of the molecule is C=C(Br)N(CCF)/N=C(\N)Br. The molecule has 11 heavy (non-hydrogen) atoms. The van der Waals surface area contributed by atoms with E-state index >= 15 is 0 Å². The Bertz CT molecular complexity index is 167. The van der Waals surface area contributed by atoms with E-state index in [1.807, 2.05) is 0 Å². The van der Waals surface area contributed by atoms with E-state index in [2.05, 4.69) is 43.5 Å². The van der Waals surface area contributed by atoms with Crippen LogP contribution in [0.1, 0.15) is 0 Å². The molecule has 0 atom stereocenters. The summed E-state index contributed by atoms with van der Waals surface area (Å²) in [5.74, 6) is 0. The lowest BCUT2D eigenvalue weighted by molar-refractivity contribution is 0.335. The second-order valence-corrected chi connectivity index (χ2v) is 3.34. The largest absolute Gasteiger partial charge is 0.376 e. The van der Waals surface area contributed by atoms with Gasteiger partial charge in [0.2, 0.25) is 0 Å². The van der Waals surface area contributed by atoms with E-state index in [4.69, 9.17) is 5.73 Å². The summed E-state index contributed by atoms with van der Waals surface area (Å²) in [6.07, 6.45) is 0. The Balaban J connectivity index is 4.11. The molecule has 0 aliphatic heterocycles. The number of rotatable bonds is 4. The van der Waals surface area contributed by atoms with Crippen molar-refractivity contribution in [2.45, 2.75) is 0 Å². The Morgan fingerprint density at radius 3 is 2.45 bits per heavy atom. The van der Waals surface area contributed by atoms with Gasteiger partial charge in [0.1, 0.15) is 6.67 Å². The van der Waals surface area contributed by atoms with Crippen LogP contribution in [-0.2, 0) is 0 Å². The summed E-state index contributed by atoms with van der Waals surface area (Å²) in [6.45, 7) is 3.15. The molecule has 0 fully saturated rings. The number of alkyl halides is 1. The zero-order valence-electron chi connectivity index (χ0n) is 5.73. The van der Waals surface area contributed by atoms with Crippen LogP contribution in [0.4, 0.5) is 4.39 Å². The van der Waals surface area contributed by atoms with Gasteiger partial charge in [0.05, 0.1) is 11.2 Å². The highest BCUT2D eigenvalue weighted by Crippen LogP contribution is 2.09. The Morgan fingerprint density at radius 1 is 1.64 bits per heavy atom. The van der Waals surface area contributed by atoms with E-state index in [9.17, 15) is 4.39 Å². The van der Waals surface area contributed by atoms with Crippen LogP contribution in [0.2, 0.25) is 0 Å². The van der Waals surface area contributed by atoms with Gasteiger partial charge >= 0.3 is 0 Å². The Hall–Kier alpha value is -0.100. The summed E-state index contributed by atoms with van der Waals surface area (Å²) in [7, 11) is 0. The molecule has 0 aromatic heterocycles. The number of hydrogen-bond acceptors (Lipinski definition) is 2. The molecule has 0 unspecified atom stereocenters. The molecule has 0 rings (SSSR count). The van der Waals surface area contributed by atoms with Crippen molar-refractivity contribution in [2.24, 2.45) is 10.8 Å². The number of hydrazone groups is 1. The van der Waals surface area contributed by atoms with Crippen LogP contribution in [-0.4, -0.2) is 23.0 Å². The molecule has 0 saturated heterocycles. The average molecular weight is 289 g/mol. The van der Waals surface area contributed by atoms with E-state index in [0.29, 0.717) is 4.61 Å². The standard InChI is InChI=1S/C5H8Br2FN3/c1-4(6)11(3-2-8)10-5(7)9/h1-3H2,(H2,9,10). The fourth-order valence-corrected chi connectivity index (χ4v) is 0.869. The van der Waals surface area contributed by atoms with Gasteiger partial charge in [0.15, 0.2) is 4.74 Å². The van der Waals surface area contributed by atoms with Crippen molar-refractivity contribution in [2.75, 3.05) is 13.2 Å². The predicted molar refractivity (Wildman–Crippen MR) is 51.3 cm³/mol. The van der Waals surface area contributed by atoms with Crippen molar-refractivity contribution >= 4 is 36.6 Å². The second-order valence-electron chi connectivity index (χ2n) is 1.61. The lowest BCUT2D eigenvalue weighted by Crippen LogP contribution is -2.19. The minimum absolute atomic E-state index is 0.135.